The highest BCUT2D eigenvalue weighted by Gasteiger charge is 2.71. The van der Waals surface area contributed by atoms with Crippen LogP contribution >= 0.6 is 0 Å². The molecular formula is C9H7F3N2O2. The molecule has 1 aliphatic rings. The number of hydrogen-bond donors (Lipinski definition) is 1. The summed E-state index contributed by atoms with van der Waals surface area (Å²) in [5.41, 5.74) is 2.18. The van der Waals surface area contributed by atoms with E-state index < -0.39 is 39.9 Å². The molecule has 0 aromatic heterocycles. The van der Waals surface area contributed by atoms with Gasteiger partial charge in [0.1, 0.15) is 11.4 Å². The summed E-state index contributed by atoms with van der Waals surface area (Å²) in [4.78, 5) is 9.75. The SMILES string of the molecule is NC1(c2cc(F)ccc2[N+](=O)[O-])CC1(F)F. The molecule has 2 rings (SSSR count). The van der Waals surface area contributed by atoms with Crippen molar-refractivity contribution in [3.8, 4) is 0 Å². The number of nitrogens with two attached hydrogens (primary N) is 1. The van der Waals surface area contributed by atoms with E-state index in [2.05, 4.69) is 0 Å². The van der Waals surface area contributed by atoms with Crippen molar-refractivity contribution in [2.45, 2.75) is 17.9 Å². The van der Waals surface area contributed by atoms with Gasteiger partial charge in [0.2, 0.25) is 0 Å². The molecule has 0 heterocycles. The molecule has 7 heteroatoms. The van der Waals surface area contributed by atoms with Gasteiger partial charge in [0.25, 0.3) is 11.6 Å². The number of rotatable bonds is 2. The number of halogens is 3. The van der Waals surface area contributed by atoms with Crippen LogP contribution in [0.25, 0.3) is 0 Å². The van der Waals surface area contributed by atoms with E-state index in [-0.39, 0.29) is 0 Å². The van der Waals surface area contributed by atoms with Crippen molar-refractivity contribution in [2.24, 2.45) is 5.73 Å². The Hall–Kier alpha value is -1.63. The van der Waals surface area contributed by atoms with Crippen molar-refractivity contribution in [3.63, 3.8) is 0 Å². The predicted octanol–water partition coefficient (Wildman–Crippen LogP) is 1.93. The Kier molecular flexibility index (Phi) is 2.00. The number of nitro benzene ring substituents is 1. The molecular weight excluding hydrogens is 225 g/mol. The van der Waals surface area contributed by atoms with E-state index >= 15 is 0 Å². The lowest BCUT2D eigenvalue weighted by atomic mass is 10.0. The lowest BCUT2D eigenvalue weighted by Gasteiger charge is -2.10. The van der Waals surface area contributed by atoms with E-state index in [1.165, 1.54) is 0 Å². The van der Waals surface area contributed by atoms with E-state index in [9.17, 15) is 23.3 Å². The molecule has 0 saturated heterocycles. The predicted molar refractivity (Wildman–Crippen MR) is 48.5 cm³/mol. The van der Waals surface area contributed by atoms with Crippen LogP contribution < -0.4 is 5.73 Å². The summed E-state index contributed by atoms with van der Waals surface area (Å²) in [5, 5.41) is 10.6. The smallest absolute Gasteiger partial charge is 0.274 e. The van der Waals surface area contributed by atoms with Crippen LogP contribution in [0.2, 0.25) is 0 Å². The van der Waals surface area contributed by atoms with Crippen LogP contribution in [0.4, 0.5) is 18.9 Å². The van der Waals surface area contributed by atoms with Crippen LogP contribution in [0.15, 0.2) is 18.2 Å². The minimum Gasteiger partial charge on any atom is -0.316 e. The van der Waals surface area contributed by atoms with Gasteiger partial charge in [-0.05, 0) is 12.1 Å². The van der Waals surface area contributed by atoms with Crippen LogP contribution in [0.1, 0.15) is 12.0 Å². The third-order valence-electron chi connectivity index (χ3n) is 2.66. The fraction of sp³-hybridized carbons (Fsp3) is 0.333. The Morgan fingerprint density at radius 2 is 2.00 bits per heavy atom. The molecule has 1 unspecified atom stereocenters. The zero-order valence-corrected chi connectivity index (χ0v) is 7.91. The van der Waals surface area contributed by atoms with Gasteiger partial charge in [-0.1, -0.05) is 0 Å². The highest BCUT2D eigenvalue weighted by molar-refractivity contribution is 5.50. The van der Waals surface area contributed by atoms with Crippen molar-refractivity contribution in [2.75, 3.05) is 0 Å². The Morgan fingerprint density at radius 1 is 1.44 bits per heavy atom. The first kappa shape index (κ1) is 10.9. The molecule has 4 nitrogen and oxygen atoms in total. The highest BCUT2D eigenvalue weighted by atomic mass is 19.3. The third kappa shape index (κ3) is 1.35. The van der Waals surface area contributed by atoms with E-state index in [0.29, 0.717) is 6.07 Å². The number of hydrogen-bond acceptors (Lipinski definition) is 3. The Labute approximate surface area is 88.0 Å². The molecule has 0 aliphatic heterocycles. The maximum absolute atomic E-state index is 13.0. The largest absolute Gasteiger partial charge is 0.316 e. The summed E-state index contributed by atoms with van der Waals surface area (Å²) in [6.45, 7) is 0. The second-order valence-electron chi connectivity index (χ2n) is 3.77. The molecule has 1 saturated carbocycles. The standard InChI is InChI=1S/C9H7F3N2O2/c10-5-1-2-7(14(15)16)6(3-5)8(13)4-9(8,11)12/h1-3H,4,13H2. The molecule has 1 aromatic carbocycles. The van der Waals surface area contributed by atoms with Gasteiger partial charge in [0.05, 0.1) is 10.5 Å². The number of nitro groups is 1. The molecule has 1 atom stereocenters. The van der Waals surface area contributed by atoms with Crippen molar-refractivity contribution in [1.82, 2.24) is 0 Å². The van der Waals surface area contributed by atoms with Crippen LogP contribution in [0.5, 0.6) is 0 Å². The second-order valence-corrected chi connectivity index (χ2v) is 3.77. The maximum atomic E-state index is 13.0. The van der Waals surface area contributed by atoms with Crippen molar-refractivity contribution in [3.05, 3.63) is 39.7 Å². The average Bonchev–Trinajstić information content (AvgIpc) is 2.66. The number of benzene rings is 1. The Bertz CT molecular complexity index is 478. The van der Waals surface area contributed by atoms with Crippen LogP contribution in [-0.4, -0.2) is 10.8 Å². The average molecular weight is 232 g/mol. The summed E-state index contributed by atoms with van der Waals surface area (Å²) < 4.78 is 38.8. The van der Waals surface area contributed by atoms with Crippen molar-refractivity contribution in [1.29, 1.82) is 0 Å². The first-order valence-corrected chi connectivity index (χ1v) is 4.39. The molecule has 1 aromatic rings. The van der Waals surface area contributed by atoms with Gasteiger partial charge in [-0.15, -0.1) is 0 Å². The van der Waals surface area contributed by atoms with Crippen LogP contribution in [0.3, 0.4) is 0 Å². The summed E-state index contributed by atoms with van der Waals surface area (Å²) in [6.07, 6.45) is -0.704. The summed E-state index contributed by atoms with van der Waals surface area (Å²) in [5.74, 6) is -4.04. The van der Waals surface area contributed by atoms with E-state index in [1.807, 2.05) is 0 Å². The van der Waals surface area contributed by atoms with E-state index in [1.54, 1.807) is 0 Å². The number of alkyl halides is 2. The number of nitrogens with zero attached hydrogens (tertiary/aromatic N) is 1. The summed E-state index contributed by atoms with van der Waals surface area (Å²) in [7, 11) is 0. The summed E-state index contributed by atoms with van der Waals surface area (Å²) >= 11 is 0. The van der Waals surface area contributed by atoms with Gasteiger partial charge < -0.3 is 5.73 Å². The molecule has 2 N–H and O–H groups in total. The van der Waals surface area contributed by atoms with Gasteiger partial charge in [-0.25, -0.2) is 13.2 Å². The van der Waals surface area contributed by atoms with Crippen LogP contribution in [0, 0.1) is 15.9 Å². The van der Waals surface area contributed by atoms with Gasteiger partial charge in [-0.3, -0.25) is 10.1 Å². The van der Waals surface area contributed by atoms with E-state index in [0.717, 1.165) is 12.1 Å². The zero-order chi connectivity index (χ0) is 12.1. The summed E-state index contributed by atoms with van der Waals surface area (Å²) in [6, 6.07) is 2.37. The highest BCUT2D eigenvalue weighted by Crippen LogP contribution is 2.59. The fourth-order valence-corrected chi connectivity index (χ4v) is 1.62. The molecule has 0 spiro atoms. The normalized spacial score (nSPS) is 26.5. The molecule has 1 fully saturated rings. The Morgan fingerprint density at radius 3 is 2.44 bits per heavy atom. The molecule has 16 heavy (non-hydrogen) atoms. The molecule has 0 bridgehead atoms. The first-order valence-electron chi connectivity index (χ1n) is 4.39. The van der Waals surface area contributed by atoms with Gasteiger partial charge >= 0.3 is 0 Å². The lowest BCUT2D eigenvalue weighted by Crippen LogP contribution is -2.28. The van der Waals surface area contributed by atoms with Crippen molar-refractivity contribution < 1.29 is 18.1 Å². The Balaban J connectivity index is 2.56. The maximum Gasteiger partial charge on any atom is 0.274 e. The molecule has 86 valence electrons. The minimum absolute atomic E-state index is 0.456. The van der Waals surface area contributed by atoms with Crippen molar-refractivity contribution >= 4 is 5.69 Å². The topological polar surface area (TPSA) is 69.2 Å². The first-order chi connectivity index (χ1) is 7.28. The van der Waals surface area contributed by atoms with Gasteiger partial charge in [-0.2, -0.15) is 0 Å². The van der Waals surface area contributed by atoms with Crippen LogP contribution in [-0.2, 0) is 5.54 Å². The van der Waals surface area contributed by atoms with E-state index in [4.69, 9.17) is 5.73 Å². The second kappa shape index (κ2) is 2.94. The quantitative estimate of drug-likeness (QED) is 0.625. The molecule has 1 aliphatic carbocycles. The monoisotopic (exact) mass is 232 g/mol. The van der Waals surface area contributed by atoms with Gasteiger partial charge in [0, 0.05) is 12.5 Å². The molecule has 0 radical (unpaired) electrons. The lowest BCUT2D eigenvalue weighted by molar-refractivity contribution is -0.386. The third-order valence-corrected chi connectivity index (χ3v) is 2.66. The minimum atomic E-state index is -3.22. The fourth-order valence-electron chi connectivity index (χ4n) is 1.62. The zero-order valence-electron chi connectivity index (χ0n) is 7.91. The molecule has 0 amide bonds. The van der Waals surface area contributed by atoms with Gasteiger partial charge in [0.15, 0.2) is 0 Å².